The van der Waals surface area contributed by atoms with E-state index < -0.39 is 0 Å². The molecule has 0 aliphatic carbocycles. The van der Waals surface area contributed by atoms with Crippen LogP contribution in [0.3, 0.4) is 0 Å². The topological polar surface area (TPSA) is 41.1 Å². The average molecular weight is 564 g/mol. The zero-order valence-corrected chi connectivity index (χ0v) is 18.5. The van der Waals surface area contributed by atoms with E-state index in [1.54, 1.807) is 0 Å². The molecule has 0 aromatic heterocycles. The third kappa shape index (κ3) is 5.13. The number of nitrogens with one attached hydrogen (secondary N) is 2. The molecule has 2 N–H and O–H groups in total. The highest BCUT2D eigenvalue weighted by Gasteiger charge is 2.14. The van der Waals surface area contributed by atoms with E-state index in [9.17, 15) is 4.79 Å². The summed E-state index contributed by atoms with van der Waals surface area (Å²) in [5, 5.41) is 6.24. The molecule has 0 aliphatic heterocycles. The van der Waals surface area contributed by atoms with Gasteiger partial charge < -0.3 is 5.32 Å². The summed E-state index contributed by atoms with van der Waals surface area (Å²) in [4.78, 5) is 12.4. The molecule has 0 heterocycles. The molecule has 0 saturated heterocycles. The van der Waals surface area contributed by atoms with Crippen molar-refractivity contribution in [3.8, 4) is 0 Å². The van der Waals surface area contributed by atoms with Crippen molar-refractivity contribution < 1.29 is 4.79 Å². The Balaban J connectivity index is 2.11. The summed E-state index contributed by atoms with van der Waals surface area (Å²) in [6.07, 6.45) is 1.04. The van der Waals surface area contributed by atoms with E-state index in [0.29, 0.717) is 16.6 Å². The van der Waals surface area contributed by atoms with Crippen molar-refractivity contribution in [2.24, 2.45) is 0 Å². The summed E-state index contributed by atoms with van der Waals surface area (Å²) in [6.45, 7) is 4.33. The number of benzene rings is 2. The molecule has 1 amide bonds. The van der Waals surface area contributed by atoms with Crippen molar-refractivity contribution in [1.29, 1.82) is 0 Å². The summed E-state index contributed by atoms with van der Waals surface area (Å²) in [5.74, 6) is 0.222. The summed E-state index contributed by atoms with van der Waals surface area (Å²) in [6, 6.07) is 13.8. The number of carbonyl (C=O) groups is 1. The molecule has 0 spiro atoms. The zero-order chi connectivity index (χ0) is 17.7. The van der Waals surface area contributed by atoms with Gasteiger partial charge in [-0.25, -0.2) is 0 Å². The molecular weight excluding hydrogens is 546 g/mol. The van der Waals surface area contributed by atoms with E-state index in [-0.39, 0.29) is 5.91 Å². The Hall–Kier alpha value is -0.740. The smallest absolute Gasteiger partial charge is 0.258 e. The number of thiocarbonyl (C=S) groups is 1. The summed E-state index contributed by atoms with van der Waals surface area (Å²) in [7, 11) is 0. The van der Waals surface area contributed by atoms with E-state index in [1.165, 1.54) is 5.56 Å². The average Bonchev–Trinajstić information content (AvgIpc) is 2.56. The molecule has 2 aromatic carbocycles. The Bertz CT molecular complexity index is 764. The zero-order valence-electron chi connectivity index (χ0n) is 13.4. The second kappa shape index (κ2) is 9.10. The van der Waals surface area contributed by atoms with Crippen LogP contribution in [-0.2, 0) is 0 Å². The predicted molar refractivity (Wildman–Crippen MR) is 121 cm³/mol. The van der Waals surface area contributed by atoms with Gasteiger partial charge in [-0.3, -0.25) is 10.1 Å². The Morgan fingerprint density at radius 2 is 1.92 bits per heavy atom. The minimum atomic E-state index is -0.198. The predicted octanol–water partition coefficient (Wildman–Crippen LogP) is 5.54. The molecule has 24 heavy (non-hydrogen) atoms. The van der Waals surface area contributed by atoms with Crippen molar-refractivity contribution in [3.05, 3.63) is 60.7 Å². The van der Waals surface area contributed by atoms with Crippen molar-refractivity contribution >= 4 is 74.1 Å². The Labute approximate surface area is 175 Å². The monoisotopic (exact) mass is 564 g/mol. The first-order chi connectivity index (χ1) is 11.4. The van der Waals surface area contributed by atoms with Gasteiger partial charge in [0.05, 0.1) is 5.56 Å². The van der Waals surface area contributed by atoms with Gasteiger partial charge >= 0.3 is 0 Å². The first-order valence-electron chi connectivity index (χ1n) is 7.58. The van der Waals surface area contributed by atoms with Crippen molar-refractivity contribution in [2.45, 2.75) is 26.2 Å². The fraction of sp³-hybridized carbons (Fsp3) is 0.222. The normalized spacial score (nSPS) is 11.7. The fourth-order valence-corrected chi connectivity index (χ4v) is 3.53. The second-order valence-electron chi connectivity index (χ2n) is 5.43. The van der Waals surface area contributed by atoms with Crippen LogP contribution in [0.1, 0.15) is 42.1 Å². The Morgan fingerprint density at radius 1 is 1.21 bits per heavy atom. The van der Waals surface area contributed by atoms with E-state index in [2.05, 4.69) is 75.7 Å². The minimum absolute atomic E-state index is 0.198. The minimum Gasteiger partial charge on any atom is -0.332 e. The van der Waals surface area contributed by atoms with Gasteiger partial charge in [0, 0.05) is 12.8 Å². The fourth-order valence-electron chi connectivity index (χ4n) is 2.26. The van der Waals surface area contributed by atoms with Crippen molar-refractivity contribution in [3.63, 3.8) is 0 Å². The lowest BCUT2D eigenvalue weighted by Gasteiger charge is -2.17. The summed E-state index contributed by atoms with van der Waals surface area (Å²) >= 11 is 9.67. The lowest BCUT2D eigenvalue weighted by Crippen LogP contribution is -2.34. The van der Waals surface area contributed by atoms with Crippen LogP contribution in [0.5, 0.6) is 0 Å². The van der Waals surface area contributed by atoms with Gasteiger partial charge in [0.1, 0.15) is 0 Å². The Kier molecular flexibility index (Phi) is 7.42. The maximum Gasteiger partial charge on any atom is 0.258 e. The number of carbonyl (C=O) groups excluding carboxylic acids is 1. The highest BCUT2D eigenvalue weighted by molar-refractivity contribution is 14.1. The molecule has 0 bridgehead atoms. The van der Waals surface area contributed by atoms with Gasteiger partial charge in [-0.1, -0.05) is 32.0 Å². The highest BCUT2D eigenvalue weighted by Crippen LogP contribution is 2.26. The maximum absolute atomic E-state index is 12.4. The van der Waals surface area contributed by atoms with Gasteiger partial charge in [-0.05, 0) is 99.6 Å². The first kappa shape index (κ1) is 19.6. The van der Waals surface area contributed by atoms with Gasteiger partial charge in [-0.15, -0.1) is 0 Å². The van der Waals surface area contributed by atoms with Crippen molar-refractivity contribution in [2.75, 3.05) is 5.32 Å². The number of anilines is 1. The molecule has 1 unspecified atom stereocenters. The Morgan fingerprint density at radius 3 is 2.62 bits per heavy atom. The molecule has 0 saturated carbocycles. The van der Waals surface area contributed by atoms with E-state index in [4.69, 9.17) is 12.2 Å². The number of para-hydroxylation sites is 1. The van der Waals surface area contributed by atoms with Crippen LogP contribution >= 0.6 is 57.4 Å². The number of rotatable bonds is 4. The summed E-state index contributed by atoms with van der Waals surface area (Å²) < 4.78 is 1.91. The quantitative estimate of drug-likeness (QED) is 0.379. The molecule has 3 nitrogen and oxygen atoms in total. The molecule has 6 heteroatoms. The largest absolute Gasteiger partial charge is 0.332 e. The lowest BCUT2D eigenvalue weighted by atomic mass is 9.97. The van der Waals surface area contributed by atoms with Crippen LogP contribution in [0.4, 0.5) is 5.69 Å². The van der Waals surface area contributed by atoms with E-state index >= 15 is 0 Å². The summed E-state index contributed by atoms with van der Waals surface area (Å²) in [5.41, 5.74) is 2.76. The molecule has 0 radical (unpaired) electrons. The molecule has 126 valence electrons. The number of hydrogen-bond donors (Lipinski definition) is 2. The number of halogens is 2. The second-order valence-corrected chi connectivity index (χ2v) is 8.25. The van der Waals surface area contributed by atoms with Crippen LogP contribution < -0.4 is 10.6 Å². The third-order valence-corrected chi connectivity index (χ3v) is 5.57. The molecule has 2 rings (SSSR count). The van der Waals surface area contributed by atoms with Crippen LogP contribution in [-0.4, -0.2) is 11.0 Å². The SMILES string of the molecule is CCC(C)c1ccccc1NC(=S)NC(=O)c1cc(I)ccc1I. The number of amides is 1. The van der Waals surface area contributed by atoms with Gasteiger partial charge in [0.2, 0.25) is 0 Å². The van der Waals surface area contributed by atoms with Gasteiger partial charge in [0.25, 0.3) is 5.91 Å². The lowest BCUT2D eigenvalue weighted by molar-refractivity contribution is 0.0977. The number of hydrogen-bond acceptors (Lipinski definition) is 2. The van der Waals surface area contributed by atoms with Gasteiger partial charge in [0.15, 0.2) is 5.11 Å². The van der Waals surface area contributed by atoms with Crippen LogP contribution in [0.25, 0.3) is 0 Å². The van der Waals surface area contributed by atoms with Crippen LogP contribution in [0.2, 0.25) is 0 Å². The van der Waals surface area contributed by atoms with E-state index in [1.807, 2.05) is 36.4 Å². The van der Waals surface area contributed by atoms with E-state index in [0.717, 1.165) is 19.2 Å². The highest BCUT2D eigenvalue weighted by atomic mass is 127. The van der Waals surface area contributed by atoms with Gasteiger partial charge in [-0.2, -0.15) is 0 Å². The molecule has 0 fully saturated rings. The standard InChI is InChI=1S/C18H18I2N2OS/c1-3-11(2)13-6-4-5-7-16(13)21-18(24)22-17(23)14-10-12(19)8-9-15(14)20/h4-11H,3H2,1-2H3,(H2,21,22,23,24). The molecular formula is C18H18I2N2OS. The molecule has 1 atom stereocenters. The molecule has 2 aromatic rings. The van der Waals surface area contributed by atoms with Crippen LogP contribution in [0, 0.1) is 7.14 Å². The third-order valence-electron chi connectivity index (χ3n) is 3.75. The van der Waals surface area contributed by atoms with Crippen molar-refractivity contribution in [1.82, 2.24) is 5.32 Å². The maximum atomic E-state index is 12.4. The first-order valence-corrected chi connectivity index (χ1v) is 10.1. The van der Waals surface area contributed by atoms with Crippen LogP contribution in [0.15, 0.2) is 42.5 Å². The molecule has 0 aliphatic rings.